The number of amides is 2. The fourth-order valence-corrected chi connectivity index (χ4v) is 5.89. The summed E-state index contributed by atoms with van der Waals surface area (Å²) in [5.41, 5.74) is 1.91. The minimum absolute atomic E-state index is 0.0340. The third-order valence-electron chi connectivity index (χ3n) is 7.41. The van der Waals surface area contributed by atoms with E-state index in [0.717, 1.165) is 0 Å². The Hall–Kier alpha value is -3.16. The Balaban J connectivity index is 1.79. The highest BCUT2D eigenvalue weighted by Crippen LogP contribution is 2.54. The third kappa shape index (κ3) is 3.56. The Labute approximate surface area is 212 Å². The average molecular weight is 567 g/mol. The van der Waals surface area contributed by atoms with Crippen molar-refractivity contribution in [3.63, 3.8) is 0 Å². The summed E-state index contributed by atoms with van der Waals surface area (Å²) in [7, 11) is 0. The zero-order chi connectivity index (χ0) is 26.7. The highest BCUT2D eigenvalue weighted by atomic mass is 79.9. The maximum absolute atomic E-state index is 13.6. The van der Waals surface area contributed by atoms with Gasteiger partial charge < -0.3 is 25.8 Å². The van der Waals surface area contributed by atoms with Crippen LogP contribution >= 0.6 is 15.9 Å². The number of halogens is 1. The number of rotatable bonds is 4. The number of phenols is 1. The molecule has 7 atom stereocenters. The van der Waals surface area contributed by atoms with Crippen molar-refractivity contribution in [2.45, 2.75) is 31.0 Å². The Morgan fingerprint density at radius 3 is 2.50 bits per heavy atom. The smallest absolute Gasteiger partial charge is 0.411 e. The number of hydrogen-bond acceptors (Lipinski definition) is 10. The minimum atomic E-state index is -2.99. The van der Waals surface area contributed by atoms with Gasteiger partial charge in [0.1, 0.15) is 12.4 Å². The number of aromatic hydroxyl groups is 1. The van der Waals surface area contributed by atoms with Crippen molar-refractivity contribution >= 4 is 56.8 Å². The van der Waals surface area contributed by atoms with Crippen LogP contribution < -0.4 is 11.1 Å². The zero-order valence-electron chi connectivity index (χ0n) is 18.9. The maximum Gasteiger partial charge on any atom is 0.411 e. The predicted octanol–water partition coefficient (Wildman–Crippen LogP) is -0.198. The van der Waals surface area contributed by atoms with Crippen molar-refractivity contribution in [3.05, 3.63) is 23.3 Å². The summed E-state index contributed by atoms with van der Waals surface area (Å²) >= 11 is 3.09. The van der Waals surface area contributed by atoms with Crippen LogP contribution in [0.5, 0.6) is 5.75 Å². The molecule has 3 aliphatic carbocycles. The molecule has 1 aromatic rings. The molecule has 2 fully saturated rings. The van der Waals surface area contributed by atoms with Gasteiger partial charge in [-0.05, 0) is 17.5 Å². The molecule has 0 aliphatic heterocycles. The topological polar surface area (TPSA) is 210 Å². The van der Waals surface area contributed by atoms with E-state index >= 15 is 0 Å². The van der Waals surface area contributed by atoms with Gasteiger partial charge in [-0.1, -0.05) is 28.9 Å². The lowest BCUT2D eigenvalue weighted by Crippen LogP contribution is -2.72. The van der Waals surface area contributed by atoms with Crippen LogP contribution in [0.1, 0.15) is 35.2 Å². The summed E-state index contributed by atoms with van der Waals surface area (Å²) in [6.07, 6.45) is -3.22. The SMILES string of the molecule is C[C@H]1c2ccc(NC(=O)OCCBr)c(O)c2C(=O)C2C(=O)[C@]3(O)C(=O)C(C(N)=O)C(=O)C[C@@H]3[C@@H](O)[C@@H]21. The third-order valence-corrected chi connectivity index (χ3v) is 7.73. The van der Waals surface area contributed by atoms with E-state index in [-0.39, 0.29) is 23.4 Å². The number of anilines is 1. The van der Waals surface area contributed by atoms with Gasteiger partial charge in [-0.3, -0.25) is 29.3 Å². The highest BCUT2D eigenvalue weighted by molar-refractivity contribution is 9.09. The summed E-state index contributed by atoms with van der Waals surface area (Å²) in [5.74, 6) is -14.0. The van der Waals surface area contributed by atoms with Crippen LogP contribution in [0.3, 0.4) is 0 Å². The van der Waals surface area contributed by atoms with Crippen molar-refractivity contribution in [2.24, 2.45) is 29.4 Å². The number of aliphatic hydroxyl groups excluding tert-OH is 1. The normalized spacial score (nSPS) is 33.3. The Morgan fingerprint density at radius 1 is 1.22 bits per heavy atom. The number of nitrogens with one attached hydrogen (secondary N) is 1. The van der Waals surface area contributed by atoms with Crippen LogP contribution in [0.25, 0.3) is 0 Å². The Morgan fingerprint density at radius 2 is 1.89 bits per heavy atom. The molecule has 36 heavy (non-hydrogen) atoms. The summed E-state index contributed by atoms with van der Waals surface area (Å²) < 4.78 is 4.87. The largest absolute Gasteiger partial charge is 0.505 e. The van der Waals surface area contributed by atoms with Crippen LogP contribution in [0, 0.1) is 23.7 Å². The number of carbonyl (C=O) groups is 6. The number of carbonyl (C=O) groups excluding carboxylic acids is 6. The van der Waals surface area contributed by atoms with Crippen LogP contribution in [0.2, 0.25) is 0 Å². The van der Waals surface area contributed by atoms with E-state index in [2.05, 4.69) is 21.2 Å². The molecular weight excluding hydrogens is 544 g/mol. The summed E-state index contributed by atoms with van der Waals surface area (Å²) in [4.78, 5) is 76.2. The standard InChI is InChI=1S/C23H23BrN2O10/c1-7-8-2-3-10(26-22(34)36-5-4-24)17(29)13(8)18(30)15-12(7)16(28)9-6-11(27)14(21(25)33)19(31)23(9,35)20(15)32/h2-3,7,9,12,14-16,28-29,35H,4-6H2,1H3,(H2,25,33)(H,26,34)/t7-,9+,12+,14?,15?,16+,23+/m0/s1. The van der Waals surface area contributed by atoms with Crippen molar-refractivity contribution in [1.82, 2.24) is 0 Å². The molecule has 4 rings (SSSR count). The molecule has 192 valence electrons. The van der Waals surface area contributed by atoms with Gasteiger partial charge in [0, 0.05) is 23.6 Å². The fourth-order valence-electron chi connectivity index (χ4n) is 5.73. The molecule has 2 amide bonds. The number of alkyl halides is 1. The number of fused-ring (bicyclic) bond motifs is 3. The number of primary amides is 1. The molecule has 1 aromatic carbocycles. The average Bonchev–Trinajstić information content (AvgIpc) is 2.81. The minimum Gasteiger partial charge on any atom is -0.505 e. The number of aliphatic hydroxyl groups is 2. The molecule has 13 heteroatoms. The molecule has 0 aromatic heterocycles. The molecular formula is C23H23BrN2O10. The number of ether oxygens (including phenoxy) is 1. The maximum atomic E-state index is 13.6. The Kier molecular flexibility index (Phi) is 6.52. The number of Topliss-reactive ketones (excluding diaryl/α,β-unsaturated/α-hetero) is 4. The van der Waals surface area contributed by atoms with Gasteiger partial charge in [0.05, 0.1) is 23.3 Å². The zero-order valence-corrected chi connectivity index (χ0v) is 20.5. The van der Waals surface area contributed by atoms with Gasteiger partial charge >= 0.3 is 6.09 Å². The van der Waals surface area contributed by atoms with E-state index in [0.29, 0.717) is 5.33 Å². The number of benzene rings is 1. The first-order chi connectivity index (χ1) is 16.9. The van der Waals surface area contributed by atoms with E-state index in [1.807, 2.05) is 0 Å². The molecule has 3 aliphatic rings. The van der Waals surface area contributed by atoms with Crippen molar-refractivity contribution in [1.29, 1.82) is 0 Å². The van der Waals surface area contributed by atoms with E-state index < -0.39 is 88.6 Å². The quantitative estimate of drug-likeness (QED) is 0.184. The first-order valence-electron chi connectivity index (χ1n) is 11.1. The van der Waals surface area contributed by atoms with Crippen LogP contribution in [-0.4, -0.2) is 74.1 Å². The second-order valence-electron chi connectivity index (χ2n) is 9.18. The van der Waals surface area contributed by atoms with E-state index in [1.54, 1.807) is 6.92 Å². The number of ketones is 4. The molecule has 2 saturated carbocycles. The van der Waals surface area contributed by atoms with Gasteiger partial charge in [-0.15, -0.1) is 0 Å². The monoisotopic (exact) mass is 566 g/mol. The summed E-state index contributed by atoms with van der Waals surface area (Å²) in [6, 6.07) is 2.76. The van der Waals surface area contributed by atoms with Gasteiger partial charge in [-0.25, -0.2) is 4.79 Å². The van der Waals surface area contributed by atoms with Crippen LogP contribution in [-0.2, 0) is 23.9 Å². The summed E-state index contributed by atoms with van der Waals surface area (Å²) in [5, 5.41) is 35.9. The van der Waals surface area contributed by atoms with Crippen molar-refractivity contribution in [2.75, 3.05) is 17.3 Å². The molecule has 0 heterocycles. The number of hydrogen-bond donors (Lipinski definition) is 5. The van der Waals surface area contributed by atoms with Crippen molar-refractivity contribution < 1.29 is 48.8 Å². The van der Waals surface area contributed by atoms with E-state index in [1.165, 1.54) is 12.1 Å². The predicted molar refractivity (Wildman–Crippen MR) is 123 cm³/mol. The van der Waals surface area contributed by atoms with Crippen LogP contribution in [0.4, 0.5) is 10.5 Å². The molecule has 0 spiro atoms. The van der Waals surface area contributed by atoms with Gasteiger partial charge in [0.2, 0.25) is 5.91 Å². The van der Waals surface area contributed by atoms with Crippen molar-refractivity contribution in [3.8, 4) is 5.75 Å². The first-order valence-corrected chi connectivity index (χ1v) is 12.2. The lowest BCUT2D eigenvalue weighted by molar-refractivity contribution is -0.189. The second-order valence-corrected chi connectivity index (χ2v) is 9.97. The lowest BCUT2D eigenvalue weighted by Gasteiger charge is -2.52. The summed E-state index contributed by atoms with van der Waals surface area (Å²) in [6.45, 7) is 1.62. The molecule has 0 saturated heterocycles. The number of phenolic OH excluding ortho intramolecular Hbond substituents is 1. The van der Waals surface area contributed by atoms with Gasteiger partial charge in [0.15, 0.2) is 34.7 Å². The molecule has 0 bridgehead atoms. The lowest BCUT2D eigenvalue weighted by atomic mass is 9.50. The molecule has 0 radical (unpaired) electrons. The highest BCUT2D eigenvalue weighted by Gasteiger charge is 2.69. The molecule has 12 nitrogen and oxygen atoms in total. The second kappa shape index (κ2) is 9.05. The van der Waals surface area contributed by atoms with Crippen LogP contribution in [0.15, 0.2) is 12.1 Å². The first kappa shape index (κ1) is 25.9. The Bertz CT molecular complexity index is 1220. The number of nitrogens with two attached hydrogens (primary N) is 1. The van der Waals surface area contributed by atoms with E-state index in [4.69, 9.17) is 10.5 Å². The molecule has 2 unspecified atom stereocenters. The molecule has 6 N–H and O–H groups in total. The van der Waals surface area contributed by atoms with Gasteiger partial charge in [-0.2, -0.15) is 0 Å². The fraction of sp³-hybridized carbons (Fsp3) is 0.478. The van der Waals surface area contributed by atoms with E-state index in [9.17, 15) is 44.1 Å². The van der Waals surface area contributed by atoms with Gasteiger partial charge in [0.25, 0.3) is 0 Å².